The van der Waals surface area contributed by atoms with E-state index < -0.39 is 0 Å². The average molecular weight is 494 g/mol. The maximum absolute atomic E-state index is 13.4. The fourth-order valence-corrected chi connectivity index (χ4v) is 5.17. The minimum absolute atomic E-state index is 0.0997. The summed E-state index contributed by atoms with van der Waals surface area (Å²) in [6, 6.07) is 7.83. The number of fused-ring (bicyclic) bond motifs is 1. The number of methoxy groups -OCH3 is 1. The molecule has 9 heteroatoms. The lowest BCUT2D eigenvalue weighted by atomic mass is 10.0. The summed E-state index contributed by atoms with van der Waals surface area (Å²) in [6.45, 7) is 2.39. The van der Waals surface area contributed by atoms with Crippen LogP contribution >= 0.6 is 11.3 Å². The Morgan fingerprint density at radius 3 is 2.89 bits per heavy atom. The van der Waals surface area contributed by atoms with Crippen LogP contribution in [-0.4, -0.2) is 57.1 Å². The van der Waals surface area contributed by atoms with E-state index in [0.29, 0.717) is 44.1 Å². The van der Waals surface area contributed by atoms with Crippen LogP contribution in [0.25, 0.3) is 0 Å². The zero-order valence-electron chi connectivity index (χ0n) is 20.3. The molecule has 1 aliphatic heterocycles. The summed E-state index contributed by atoms with van der Waals surface area (Å²) >= 11 is 1.52. The van der Waals surface area contributed by atoms with E-state index in [4.69, 9.17) is 9.84 Å². The molecule has 2 aliphatic rings. The van der Waals surface area contributed by atoms with Gasteiger partial charge in [-0.15, -0.1) is 11.3 Å². The van der Waals surface area contributed by atoms with Crippen molar-refractivity contribution in [3.63, 3.8) is 0 Å². The monoisotopic (exact) mass is 493 g/mol. The van der Waals surface area contributed by atoms with Crippen LogP contribution in [0.4, 0.5) is 0 Å². The molecule has 0 unspecified atom stereocenters. The van der Waals surface area contributed by atoms with Crippen molar-refractivity contribution in [3.05, 3.63) is 63.4 Å². The third-order valence-electron chi connectivity index (χ3n) is 6.81. The van der Waals surface area contributed by atoms with Crippen molar-refractivity contribution in [2.45, 2.75) is 51.7 Å². The Hall–Kier alpha value is -3.20. The van der Waals surface area contributed by atoms with Crippen molar-refractivity contribution in [1.82, 2.24) is 24.6 Å². The Balaban J connectivity index is 1.31. The van der Waals surface area contributed by atoms with Gasteiger partial charge in [0.2, 0.25) is 5.91 Å². The maximum atomic E-state index is 13.4. The fourth-order valence-electron chi connectivity index (χ4n) is 4.62. The lowest BCUT2D eigenvalue weighted by Crippen LogP contribution is -2.37. The summed E-state index contributed by atoms with van der Waals surface area (Å²) in [4.78, 5) is 34.4. The van der Waals surface area contributed by atoms with E-state index in [0.717, 1.165) is 41.2 Å². The first kappa shape index (κ1) is 23.5. The first-order valence-corrected chi connectivity index (χ1v) is 13.1. The van der Waals surface area contributed by atoms with Gasteiger partial charge in [-0.3, -0.25) is 14.3 Å². The SMILES string of the molecule is COc1cccc(CCC(=O)N2CCc3c(c(C(=O)N(C)Cc4cscn4)nn3CC3CC3)C2)c1. The molecule has 1 aromatic carbocycles. The molecule has 0 radical (unpaired) electrons. The minimum Gasteiger partial charge on any atom is -0.497 e. The van der Waals surface area contributed by atoms with Gasteiger partial charge in [-0.1, -0.05) is 12.1 Å². The molecule has 35 heavy (non-hydrogen) atoms. The molecule has 3 heterocycles. The molecule has 3 aromatic rings. The van der Waals surface area contributed by atoms with Crippen molar-refractivity contribution in [2.75, 3.05) is 20.7 Å². The van der Waals surface area contributed by atoms with Gasteiger partial charge in [0.25, 0.3) is 5.91 Å². The second-order valence-corrected chi connectivity index (χ2v) is 10.2. The third kappa shape index (κ3) is 5.40. The molecule has 2 aromatic heterocycles. The van der Waals surface area contributed by atoms with E-state index in [1.807, 2.05) is 39.2 Å². The minimum atomic E-state index is -0.116. The molecule has 0 bridgehead atoms. The molecule has 2 amide bonds. The maximum Gasteiger partial charge on any atom is 0.274 e. The summed E-state index contributed by atoms with van der Waals surface area (Å²) in [5.74, 6) is 1.43. The highest BCUT2D eigenvalue weighted by Crippen LogP contribution is 2.33. The number of carbonyl (C=O) groups is 2. The molecular formula is C26H31N5O3S. The molecule has 0 saturated heterocycles. The highest BCUT2D eigenvalue weighted by Gasteiger charge is 2.33. The number of amides is 2. The first-order valence-electron chi connectivity index (χ1n) is 12.1. The summed E-state index contributed by atoms with van der Waals surface area (Å²) in [5.41, 5.74) is 6.21. The van der Waals surface area contributed by atoms with Crippen molar-refractivity contribution in [3.8, 4) is 5.75 Å². The topological polar surface area (TPSA) is 80.6 Å². The van der Waals surface area contributed by atoms with Gasteiger partial charge in [-0.25, -0.2) is 4.98 Å². The number of hydrogen-bond donors (Lipinski definition) is 0. The van der Waals surface area contributed by atoms with Crippen molar-refractivity contribution >= 4 is 23.2 Å². The normalized spacial score (nSPS) is 15.1. The molecule has 1 aliphatic carbocycles. The van der Waals surface area contributed by atoms with Crippen LogP contribution in [-0.2, 0) is 37.3 Å². The van der Waals surface area contributed by atoms with Crippen molar-refractivity contribution in [1.29, 1.82) is 0 Å². The molecule has 0 N–H and O–H groups in total. The van der Waals surface area contributed by atoms with Gasteiger partial charge in [-0.2, -0.15) is 5.10 Å². The Labute approximate surface area is 209 Å². The molecule has 5 rings (SSSR count). The number of thiazole rings is 1. The molecule has 0 atom stereocenters. The van der Waals surface area contributed by atoms with Gasteiger partial charge in [0.15, 0.2) is 5.69 Å². The number of aryl methyl sites for hydroxylation is 1. The van der Waals surface area contributed by atoms with E-state index in [9.17, 15) is 9.59 Å². The summed E-state index contributed by atoms with van der Waals surface area (Å²) < 4.78 is 7.33. The molecule has 184 valence electrons. The van der Waals surface area contributed by atoms with Gasteiger partial charge < -0.3 is 14.5 Å². The van der Waals surface area contributed by atoms with Crippen LogP contribution in [0.5, 0.6) is 5.75 Å². The van der Waals surface area contributed by atoms with E-state index in [2.05, 4.69) is 4.98 Å². The largest absolute Gasteiger partial charge is 0.497 e. The highest BCUT2D eigenvalue weighted by molar-refractivity contribution is 7.07. The molecule has 1 saturated carbocycles. The van der Waals surface area contributed by atoms with Crippen LogP contribution in [0.3, 0.4) is 0 Å². The standard InChI is InChI=1S/C26H31N5O3S/c1-29(14-20-16-35-17-27-20)26(33)25-22-15-30(11-10-23(22)31(28-25)13-19-6-7-19)24(32)9-8-18-4-3-5-21(12-18)34-2/h3-5,12,16-17,19H,6-11,13-15H2,1-2H3. The number of carbonyl (C=O) groups excluding carboxylic acids is 2. The van der Waals surface area contributed by atoms with Crippen LogP contribution in [0.15, 0.2) is 35.2 Å². The lowest BCUT2D eigenvalue weighted by Gasteiger charge is -2.28. The number of ether oxygens (including phenoxy) is 1. The van der Waals surface area contributed by atoms with Gasteiger partial charge in [0.1, 0.15) is 5.75 Å². The van der Waals surface area contributed by atoms with E-state index in [1.54, 1.807) is 24.6 Å². The molecule has 1 fully saturated rings. The molecule has 8 nitrogen and oxygen atoms in total. The Bertz CT molecular complexity index is 1200. The van der Waals surface area contributed by atoms with Crippen LogP contribution < -0.4 is 4.74 Å². The van der Waals surface area contributed by atoms with Gasteiger partial charge >= 0.3 is 0 Å². The highest BCUT2D eigenvalue weighted by atomic mass is 32.1. The van der Waals surface area contributed by atoms with Crippen LogP contribution in [0.2, 0.25) is 0 Å². The van der Waals surface area contributed by atoms with Crippen LogP contribution in [0, 0.1) is 5.92 Å². The number of benzene rings is 1. The van der Waals surface area contributed by atoms with E-state index >= 15 is 0 Å². The van der Waals surface area contributed by atoms with E-state index in [-0.39, 0.29) is 11.8 Å². The Morgan fingerprint density at radius 2 is 2.14 bits per heavy atom. The number of nitrogens with zero attached hydrogens (tertiary/aromatic N) is 5. The van der Waals surface area contributed by atoms with E-state index in [1.165, 1.54) is 24.2 Å². The molecule has 0 spiro atoms. The van der Waals surface area contributed by atoms with Gasteiger partial charge in [0, 0.05) is 56.2 Å². The number of aromatic nitrogens is 3. The lowest BCUT2D eigenvalue weighted by molar-refractivity contribution is -0.132. The summed E-state index contributed by atoms with van der Waals surface area (Å²) in [6.07, 6.45) is 4.24. The average Bonchev–Trinajstić information content (AvgIpc) is 3.42. The third-order valence-corrected chi connectivity index (χ3v) is 7.44. The predicted molar refractivity (Wildman–Crippen MR) is 133 cm³/mol. The fraction of sp³-hybridized carbons (Fsp3) is 0.462. The zero-order valence-corrected chi connectivity index (χ0v) is 21.1. The number of hydrogen-bond acceptors (Lipinski definition) is 6. The van der Waals surface area contributed by atoms with Crippen molar-refractivity contribution < 1.29 is 14.3 Å². The summed E-state index contributed by atoms with van der Waals surface area (Å²) in [5, 5.41) is 6.74. The zero-order chi connectivity index (χ0) is 24.4. The summed E-state index contributed by atoms with van der Waals surface area (Å²) in [7, 11) is 3.43. The first-order chi connectivity index (χ1) is 17.0. The quantitative estimate of drug-likeness (QED) is 0.455. The Kier molecular flexibility index (Phi) is 6.86. The number of rotatable bonds is 9. The van der Waals surface area contributed by atoms with Crippen LogP contribution in [0.1, 0.15) is 52.3 Å². The molecular weight excluding hydrogens is 462 g/mol. The predicted octanol–water partition coefficient (Wildman–Crippen LogP) is 3.55. The van der Waals surface area contributed by atoms with Crippen molar-refractivity contribution in [2.24, 2.45) is 5.92 Å². The van der Waals surface area contributed by atoms with Gasteiger partial charge in [0.05, 0.1) is 24.9 Å². The second kappa shape index (κ2) is 10.2. The van der Waals surface area contributed by atoms with Gasteiger partial charge in [-0.05, 0) is 42.9 Å². The second-order valence-electron chi connectivity index (χ2n) is 9.46. The smallest absolute Gasteiger partial charge is 0.274 e. The Morgan fingerprint density at radius 1 is 1.29 bits per heavy atom.